The number of alkyl halides is 5. The van der Waals surface area contributed by atoms with Crippen LogP contribution in [-0.2, 0) is 0 Å². The van der Waals surface area contributed by atoms with Gasteiger partial charge in [-0.25, -0.2) is 8.78 Å². The number of fused-ring (bicyclic) bond motifs is 3. The van der Waals surface area contributed by atoms with E-state index in [-0.39, 0.29) is 5.56 Å². The van der Waals surface area contributed by atoms with Gasteiger partial charge in [0.1, 0.15) is 16.0 Å². The Bertz CT molecular complexity index is 797. The summed E-state index contributed by atoms with van der Waals surface area (Å²) >= 11 is 2.69. The van der Waals surface area contributed by atoms with Crippen LogP contribution < -0.4 is 0 Å². The molecule has 6 heteroatoms. The summed E-state index contributed by atoms with van der Waals surface area (Å²) in [7, 11) is 0. The normalized spacial score (nSPS) is 14.2. The molecule has 0 amide bonds. The van der Waals surface area contributed by atoms with Crippen molar-refractivity contribution in [1.29, 1.82) is 0 Å². The van der Waals surface area contributed by atoms with E-state index in [1.165, 1.54) is 18.2 Å². The van der Waals surface area contributed by atoms with Crippen LogP contribution in [0.25, 0.3) is 21.9 Å². The Labute approximate surface area is 125 Å². The van der Waals surface area contributed by atoms with Gasteiger partial charge in [0.25, 0.3) is 0 Å². The van der Waals surface area contributed by atoms with Crippen molar-refractivity contribution in [2.24, 2.45) is 0 Å². The van der Waals surface area contributed by atoms with Gasteiger partial charge in [-0.1, -0.05) is 40.2 Å². The molecule has 1 heterocycles. The lowest BCUT2D eigenvalue weighted by atomic mass is 10.0. The fourth-order valence-corrected chi connectivity index (χ4v) is 2.72. The molecular formula is C15H9BrF4O. The van der Waals surface area contributed by atoms with Crippen LogP contribution >= 0.6 is 15.9 Å². The van der Waals surface area contributed by atoms with Gasteiger partial charge in [0.15, 0.2) is 0 Å². The Morgan fingerprint density at radius 1 is 0.952 bits per heavy atom. The molecule has 0 N–H and O–H groups in total. The number of furan rings is 1. The van der Waals surface area contributed by atoms with Crippen molar-refractivity contribution in [1.82, 2.24) is 0 Å². The zero-order valence-corrected chi connectivity index (χ0v) is 12.1. The molecule has 21 heavy (non-hydrogen) atoms. The van der Waals surface area contributed by atoms with Crippen LogP contribution in [0.1, 0.15) is 10.4 Å². The first-order valence-electron chi connectivity index (χ1n) is 6.12. The number of para-hydroxylation sites is 1. The molecule has 0 fully saturated rings. The van der Waals surface area contributed by atoms with E-state index in [4.69, 9.17) is 4.42 Å². The SMILES string of the molecule is FC(F)C(F)(F)C(Br)c1ccc2oc3ccccc3c2c1. The number of halogens is 5. The van der Waals surface area contributed by atoms with Crippen LogP contribution in [0.5, 0.6) is 0 Å². The molecule has 1 unspecified atom stereocenters. The zero-order chi connectivity index (χ0) is 15.2. The number of hydrogen-bond donors (Lipinski definition) is 0. The van der Waals surface area contributed by atoms with E-state index in [2.05, 4.69) is 15.9 Å². The predicted molar refractivity (Wildman–Crippen MR) is 76.3 cm³/mol. The van der Waals surface area contributed by atoms with Crippen molar-refractivity contribution in [3.8, 4) is 0 Å². The largest absolute Gasteiger partial charge is 0.456 e. The Balaban J connectivity index is 2.14. The fraction of sp³-hybridized carbons (Fsp3) is 0.200. The summed E-state index contributed by atoms with van der Waals surface area (Å²) in [5.74, 6) is -4.15. The molecule has 0 bridgehead atoms. The van der Waals surface area contributed by atoms with Crippen molar-refractivity contribution < 1.29 is 22.0 Å². The molecule has 0 spiro atoms. The van der Waals surface area contributed by atoms with Crippen LogP contribution in [0.2, 0.25) is 0 Å². The van der Waals surface area contributed by atoms with E-state index in [0.29, 0.717) is 16.6 Å². The molecular weight excluding hydrogens is 352 g/mol. The second-order valence-electron chi connectivity index (χ2n) is 4.69. The second-order valence-corrected chi connectivity index (χ2v) is 5.61. The summed E-state index contributed by atoms with van der Waals surface area (Å²) in [5, 5.41) is 1.38. The first-order chi connectivity index (χ1) is 9.91. The third-order valence-corrected chi connectivity index (χ3v) is 4.46. The minimum absolute atomic E-state index is 0.0827. The highest BCUT2D eigenvalue weighted by Crippen LogP contribution is 2.43. The van der Waals surface area contributed by atoms with E-state index >= 15 is 0 Å². The molecule has 0 aliphatic carbocycles. The third-order valence-electron chi connectivity index (χ3n) is 3.32. The van der Waals surface area contributed by atoms with Gasteiger partial charge in [0.05, 0.1) is 0 Å². The summed E-state index contributed by atoms with van der Waals surface area (Å²) in [6.07, 6.45) is -3.74. The molecule has 1 atom stereocenters. The topological polar surface area (TPSA) is 13.1 Å². The van der Waals surface area contributed by atoms with Gasteiger partial charge in [0.2, 0.25) is 0 Å². The lowest BCUT2D eigenvalue weighted by Crippen LogP contribution is -2.31. The highest BCUT2D eigenvalue weighted by atomic mass is 79.9. The molecule has 1 aromatic heterocycles. The molecule has 3 aromatic rings. The molecule has 0 aliphatic heterocycles. The third kappa shape index (κ3) is 2.31. The molecule has 0 aliphatic rings. The average molecular weight is 361 g/mol. The molecule has 2 aromatic carbocycles. The molecule has 3 rings (SSSR count). The highest BCUT2D eigenvalue weighted by Gasteiger charge is 2.48. The minimum Gasteiger partial charge on any atom is -0.456 e. The summed E-state index contributed by atoms with van der Waals surface area (Å²) < 4.78 is 57.4. The van der Waals surface area contributed by atoms with Gasteiger partial charge in [-0.2, -0.15) is 8.78 Å². The summed E-state index contributed by atoms with van der Waals surface area (Å²) in [5.41, 5.74) is 1.23. The highest BCUT2D eigenvalue weighted by molar-refractivity contribution is 9.09. The van der Waals surface area contributed by atoms with E-state index in [1.54, 1.807) is 24.3 Å². The quantitative estimate of drug-likeness (QED) is 0.417. The van der Waals surface area contributed by atoms with Crippen molar-refractivity contribution >= 4 is 37.9 Å². The maximum Gasteiger partial charge on any atom is 0.323 e. The van der Waals surface area contributed by atoms with Crippen LogP contribution in [0.4, 0.5) is 17.6 Å². The van der Waals surface area contributed by atoms with Crippen LogP contribution in [0.15, 0.2) is 46.9 Å². The van der Waals surface area contributed by atoms with Crippen LogP contribution in [0, 0.1) is 0 Å². The Hall–Kier alpha value is -1.56. The summed E-state index contributed by atoms with van der Waals surface area (Å²) in [4.78, 5) is -1.76. The molecule has 1 nitrogen and oxygen atoms in total. The first-order valence-corrected chi connectivity index (χ1v) is 7.04. The number of hydrogen-bond acceptors (Lipinski definition) is 1. The first kappa shape index (κ1) is 14.4. The lowest BCUT2D eigenvalue weighted by Gasteiger charge is -2.21. The summed E-state index contributed by atoms with van der Waals surface area (Å²) in [6, 6.07) is 11.5. The van der Waals surface area contributed by atoms with Gasteiger partial charge in [-0.3, -0.25) is 0 Å². The van der Waals surface area contributed by atoms with E-state index in [9.17, 15) is 17.6 Å². The predicted octanol–water partition coefficient (Wildman–Crippen LogP) is 5.92. The standard InChI is InChI=1S/C15H9BrF4O/c16-13(15(19,20)14(17)18)8-5-6-12-10(7-8)9-3-1-2-4-11(9)21-12/h1-7,13-14H. The number of benzene rings is 2. The fourth-order valence-electron chi connectivity index (χ4n) is 2.23. The smallest absolute Gasteiger partial charge is 0.323 e. The molecule has 0 saturated heterocycles. The Morgan fingerprint density at radius 2 is 1.62 bits per heavy atom. The minimum atomic E-state index is -4.15. The van der Waals surface area contributed by atoms with Gasteiger partial charge in [-0.15, -0.1) is 0 Å². The van der Waals surface area contributed by atoms with Gasteiger partial charge in [0, 0.05) is 10.8 Å². The monoisotopic (exact) mass is 360 g/mol. The van der Waals surface area contributed by atoms with E-state index in [1.807, 2.05) is 0 Å². The average Bonchev–Trinajstić information content (AvgIpc) is 2.84. The van der Waals surface area contributed by atoms with Crippen LogP contribution in [-0.4, -0.2) is 12.3 Å². The van der Waals surface area contributed by atoms with E-state index in [0.717, 1.165) is 5.39 Å². The Morgan fingerprint density at radius 3 is 2.33 bits per heavy atom. The Kier molecular flexibility index (Phi) is 3.43. The second kappa shape index (κ2) is 5.02. The van der Waals surface area contributed by atoms with Crippen molar-refractivity contribution in [2.75, 3.05) is 0 Å². The van der Waals surface area contributed by atoms with Gasteiger partial charge >= 0.3 is 12.3 Å². The maximum absolute atomic E-state index is 13.4. The van der Waals surface area contributed by atoms with Crippen molar-refractivity contribution in [3.63, 3.8) is 0 Å². The number of rotatable bonds is 3. The van der Waals surface area contributed by atoms with Gasteiger partial charge in [-0.05, 0) is 23.8 Å². The van der Waals surface area contributed by atoms with Gasteiger partial charge < -0.3 is 4.42 Å². The molecule has 0 radical (unpaired) electrons. The van der Waals surface area contributed by atoms with Crippen molar-refractivity contribution in [3.05, 3.63) is 48.0 Å². The molecule has 110 valence electrons. The van der Waals surface area contributed by atoms with Crippen LogP contribution in [0.3, 0.4) is 0 Å². The maximum atomic E-state index is 13.4. The molecule has 0 saturated carbocycles. The van der Waals surface area contributed by atoms with Crippen molar-refractivity contribution in [2.45, 2.75) is 17.2 Å². The summed E-state index contributed by atoms with van der Waals surface area (Å²) in [6.45, 7) is 0. The zero-order valence-electron chi connectivity index (χ0n) is 10.5. The lowest BCUT2D eigenvalue weighted by molar-refractivity contribution is -0.127. The van der Waals surface area contributed by atoms with E-state index < -0.39 is 17.2 Å².